The van der Waals surface area contributed by atoms with Crippen LogP contribution >= 0.6 is 0 Å². The van der Waals surface area contributed by atoms with Crippen molar-refractivity contribution in [3.05, 3.63) is 35.4 Å². The molecular formula is C14H22N2O. The fourth-order valence-electron chi connectivity index (χ4n) is 1.37. The van der Waals surface area contributed by atoms with Crippen LogP contribution < -0.4 is 11.1 Å². The van der Waals surface area contributed by atoms with Crippen LogP contribution in [-0.2, 0) is 6.42 Å². The largest absolute Gasteiger partial charge is 0.346 e. The Bertz CT molecular complexity index is 380. The highest BCUT2D eigenvalue weighted by Crippen LogP contribution is 2.10. The fourth-order valence-corrected chi connectivity index (χ4v) is 1.37. The molecule has 3 nitrogen and oxygen atoms in total. The van der Waals surface area contributed by atoms with E-state index in [0.29, 0.717) is 5.56 Å². The van der Waals surface area contributed by atoms with Crippen LogP contribution in [0.5, 0.6) is 0 Å². The summed E-state index contributed by atoms with van der Waals surface area (Å²) in [5.41, 5.74) is 7.33. The van der Waals surface area contributed by atoms with Gasteiger partial charge in [-0.1, -0.05) is 19.1 Å². The zero-order valence-corrected chi connectivity index (χ0v) is 11.1. The number of benzene rings is 1. The van der Waals surface area contributed by atoms with Crippen molar-refractivity contribution in [2.45, 2.75) is 45.7 Å². The molecule has 1 rings (SSSR count). The molecule has 0 saturated heterocycles. The number of rotatable bonds is 4. The lowest BCUT2D eigenvalue weighted by Gasteiger charge is -2.30. The second-order valence-corrected chi connectivity index (χ2v) is 5.01. The van der Waals surface area contributed by atoms with E-state index >= 15 is 0 Å². The monoisotopic (exact) mass is 234 g/mol. The Balaban J connectivity index is 2.76. The molecule has 0 aliphatic carbocycles. The van der Waals surface area contributed by atoms with Crippen LogP contribution in [0, 0.1) is 0 Å². The number of hydrogen-bond acceptors (Lipinski definition) is 2. The van der Waals surface area contributed by atoms with Crippen LogP contribution in [0.3, 0.4) is 0 Å². The Labute approximate surface area is 103 Å². The van der Waals surface area contributed by atoms with E-state index in [1.54, 1.807) is 0 Å². The number of nitrogens with two attached hydrogens (primary N) is 1. The summed E-state index contributed by atoms with van der Waals surface area (Å²) in [5.74, 6) is -0.0741. The third kappa shape index (κ3) is 3.56. The summed E-state index contributed by atoms with van der Waals surface area (Å²) in [6.45, 7) is 7.83. The molecule has 0 fully saturated rings. The maximum atomic E-state index is 12.0. The van der Waals surface area contributed by atoms with E-state index in [9.17, 15) is 4.79 Å². The van der Waals surface area contributed by atoms with Gasteiger partial charge in [-0.05, 0) is 44.9 Å². The first-order valence-corrected chi connectivity index (χ1v) is 6.04. The topological polar surface area (TPSA) is 55.1 Å². The second-order valence-electron chi connectivity index (χ2n) is 5.01. The molecule has 3 N–H and O–H groups in total. The van der Waals surface area contributed by atoms with Gasteiger partial charge in [0.1, 0.15) is 0 Å². The number of aryl methyl sites for hydroxylation is 1. The first kappa shape index (κ1) is 13.7. The first-order valence-electron chi connectivity index (χ1n) is 6.04. The van der Waals surface area contributed by atoms with Gasteiger partial charge < -0.3 is 11.1 Å². The maximum absolute atomic E-state index is 12.0. The highest BCUT2D eigenvalue weighted by atomic mass is 16.1. The number of nitrogens with one attached hydrogen (secondary N) is 1. The molecule has 0 aliphatic rings. The van der Waals surface area contributed by atoms with E-state index in [2.05, 4.69) is 12.2 Å². The molecule has 0 saturated carbocycles. The number of hydrogen-bond donors (Lipinski definition) is 2. The molecule has 1 amide bonds. The van der Waals surface area contributed by atoms with Crippen LogP contribution in [0.2, 0.25) is 0 Å². The highest BCUT2D eigenvalue weighted by molar-refractivity contribution is 5.94. The van der Waals surface area contributed by atoms with E-state index in [0.717, 1.165) is 6.42 Å². The summed E-state index contributed by atoms with van der Waals surface area (Å²) >= 11 is 0. The van der Waals surface area contributed by atoms with Crippen molar-refractivity contribution in [2.24, 2.45) is 5.73 Å². The van der Waals surface area contributed by atoms with Gasteiger partial charge in [0.15, 0.2) is 0 Å². The van der Waals surface area contributed by atoms with Crippen LogP contribution in [0.25, 0.3) is 0 Å². The third-order valence-electron chi connectivity index (χ3n) is 3.20. The molecule has 1 atom stereocenters. The number of carbonyl (C=O) groups is 1. The van der Waals surface area contributed by atoms with Gasteiger partial charge in [0.2, 0.25) is 0 Å². The molecule has 94 valence electrons. The smallest absolute Gasteiger partial charge is 0.251 e. The minimum atomic E-state index is -0.402. The summed E-state index contributed by atoms with van der Waals surface area (Å²) in [6, 6.07) is 7.57. The summed E-state index contributed by atoms with van der Waals surface area (Å²) in [6.07, 6.45) is 0.979. The SMILES string of the molecule is CCc1ccc(C(=O)NC(C)(C)C(C)N)cc1. The van der Waals surface area contributed by atoms with Gasteiger partial charge in [0, 0.05) is 17.1 Å². The summed E-state index contributed by atoms with van der Waals surface area (Å²) < 4.78 is 0. The standard InChI is InChI=1S/C14H22N2O/c1-5-11-6-8-12(9-7-11)13(17)16-14(3,4)10(2)15/h6-10H,5,15H2,1-4H3,(H,16,17). The predicted octanol–water partition coefficient (Wildman–Crippen LogP) is 2.10. The number of carbonyl (C=O) groups excluding carboxylic acids is 1. The van der Waals surface area contributed by atoms with Gasteiger partial charge in [-0.15, -0.1) is 0 Å². The third-order valence-corrected chi connectivity index (χ3v) is 3.20. The van der Waals surface area contributed by atoms with Crippen LogP contribution in [0.4, 0.5) is 0 Å². The van der Waals surface area contributed by atoms with Crippen LogP contribution in [0.15, 0.2) is 24.3 Å². The second kappa shape index (κ2) is 5.32. The molecule has 17 heavy (non-hydrogen) atoms. The average Bonchev–Trinajstić information content (AvgIpc) is 2.28. The van der Waals surface area contributed by atoms with Gasteiger partial charge in [-0.2, -0.15) is 0 Å². The maximum Gasteiger partial charge on any atom is 0.251 e. The lowest BCUT2D eigenvalue weighted by Crippen LogP contribution is -2.54. The lowest BCUT2D eigenvalue weighted by atomic mass is 9.96. The molecule has 1 unspecified atom stereocenters. The molecule has 3 heteroatoms. The molecule has 1 aromatic rings. The molecule has 0 bridgehead atoms. The zero-order valence-electron chi connectivity index (χ0n) is 11.1. The first-order chi connectivity index (χ1) is 7.86. The highest BCUT2D eigenvalue weighted by Gasteiger charge is 2.25. The Kier molecular flexibility index (Phi) is 4.29. The zero-order chi connectivity index (χ0) is 13.1. The molecule has 0 radical (unpaired) electrons. The minimum Gasteiger partial charge on any atom is -0.346 e. The molecule has 0 spiro atoms. The molecule has 0 heterocycles. The van der Waals surface area contributed by atoms with Crippen molar-refractivity contribution in [2.75, 3.05) is 0 Å². The molecular weight excluding hydrogens is 212 g/mol. The Morgan fingerprint density at radius 3 is 2.29 bits per heavy atom. The van der Waals surface area contributed by atoms with Gasteiger partial charge in [-0.25, -0.2) is 0 Å². The van der Waals surface area contributed by atoms with Crippen molar-refractivity contribution in [1.29, 1.82) is 0 Å². The quantitative estimate of drug-likeness (QED) is 0.838. The van der Waals surface area contributed by atoms with Crippen molar-refractivity contribution in [1.82, 2.24) is 5.32 Å². The Hall–Kier alpha value is -1.35. The lowest BCUT2D eigenvalue weighted by molar-refractivity contribution is 0.0903. The van der Waals surface area contributed by atoms with Crippen LogP contribution in [0.1, 0.15) is 43.6 Å². The van der Waals surface area contributed by atoms with E-state index in [4.69, 9.17) is 5.73 Å². The van der Waals surface area contributed by atoms with E-state index < -0.39 is 5.54 Å². The van der Waals surface area contributed by atoms with E-state index in [1.165, 1.54) is 5.56 Å². The average molecular weight is 234 g/mol. The molecule has 0 aliphatic heterocycles. The van der Waals surface area contributed by atoms with Gasteiger partial charge >= 0.3 is 0 Å². The predicted molar refractivity (Wildman–Crippen MR) is 71.0 cm³/mol. The normalized spacial score (nSPS) is 13.2. The fraction of sp³-hybridized carbons (Fsp3) is 0.500. The van der Waals surface area contributed by atoms with Gasteiger partial charge in [-0.3, -0.25) is 4.79 Å². The van der Waals surface area contributed by atoms with Gasteiger partial charge in [0.05, 0.1) is 0 Å². The summed E-state index contributed by atoms with van der Waals surface area (Å²) in [4.78, 5) is 12.0. The van der Waals surface area contributed by atoms with Crippen molar-refractivity contribution < 1.29 is 4.79 Å². The molecule has 1 aromatic carbocycles. The summed E-state index contributed by atoms with van der Waals surface area (Å²) in [5, 5.41) is 2.95. The minimum absolute atomic E-state index is 0.0741. The van der Waals surface area contributed by atoms with Crippen molar-refractivity contribution >= 4 is 5.91 Å². The molecule has 0 aromatic heterocycles. The van der Waals surface area contributed by atoms with E-state index in [1.807, 2.05) is 45.0 Å². The van der Waals surface area contributed by atoms with Gasteiger partial charge in [0.25, 0.3) is 5.91 Å². The Morgan fingerprint density at radius 1 is 1.35 bits per heavy atom. The van der Waals surface area contributed by atoms with Crippen LogP contribution in [-0.4, -0.2) is 17.5 Å². The summed E-state index contributed by atoms with van der Waals surface area (Å²) in [7, 11) is 0. The van der Waals surface area contributed by atoms with E-state index in [-0.39, 0.29) is 11.9 Å². The Morgan fingerprint density at radius 2 is 1.88 bits per heavy atom. The van der Waals surface area contributed by atoms with Crippen molar-refractivity contribution in [3.63, 3.8) is 0 Å². The van der Waals surface area contributed by atoms with Crippen molar-refractivity contribution in [3.8, 4) is 0 Å². The number of amides is 1.